The van der Waals surface area contributed by atoms with Gasteiger partial charge in [0.2, 0.25) is 5.91 Å². The third-order valence-corrected chi connectivity index (χ3v) is 2.97. The number of rotatable bonds is 4. The fourth-order valence-electron chi connectivity index (χ4n) is 1.97. The van der Waals surface area contributed by atoms with E-state index < -0.39 is 18.1 Å². The molecule has 6 nitrogen and oxygen atoms in total. The van der Waals surface area contributed by atoms with Gasteiger partial charge in [0.15, 0.2) is 0 Å². The zero-order valence-corrected chi connectivity index (χ0v) is 9.30. The van der Waals surface area contributed by atoms with Crippen LogP contribution in [0.5, 0.6) is 0 Å². The van der Waals surface area contributed by atoms with E-state index in [0.29, 0.717) is 6.42 Å². The molecular weight excluding hydrogens is 212 g/mol. The summed E-state index contributed by atoms with van der Waals surface area (Å²) in [6.45, 7) is 2.12. The van der Waals surface area contributed by atoms with E-state index in [1.54, 1.807) is 0 Å². The number of hydrogen-bond acceptors (Lipinski definition) is 4. The molecule has 0 spiro atoms. The molecule has 0 aromatic carbocycles. The maximum absolute atomic E-state index is 11.9. The van der Waals surface area contributed by atoms with Gasteiger partial charge in [0, 0.05) is 19.5 Å². The lowest BCUT2D eigenvalue weighted by Crippen LogP contribution is -2.45. The van der Waals surface area contributed by atoms with Gasteiger partial charge < -0.3 is 20.8 Å². The topological polar surface area (TPSA) is 104 Å². The lowest BCUT2D eigenvalue weighted by Gasteiger charge is -2.25. The molecule has 1 amide bonds. The highest BCUT2D eigenvalue weighted by molar-refractivity contribution is 5.86. The number of carbonyl (C=O) groups is 2. The average Bonchev–Trinajstić information content (AvgIpc) is 2.62. The summed E-state index contributed by atoms with van der Waals surface area (Å²) in [5.74, 6) is -1.70. The predicted octanol–water partition coefficient (Wildman–Crippen LogP) is -0.982. The first-order valence-electron chi connectivity index (χ1n) is 5.42. The summed E-state index contributed by atoms with van der Waals surface area (Å²) >= 11 is 0. The van der Waals surface area contributed by atoms with E-state index in [2.05, 4.69) is 0 Å². The van der Waals surface area contributed by atoms with Gasteiger partial charge in [-0.15, -0.1) is 0 Å². The van der Waals surface area contributed by atoms with Crippen LogP contribution in [-0.2, 0) is 9.59 Å². The fraction of sp³-hybridized carbons (Fsp3) is 0.800. The summed E-state index contributed by atoms with van der Waals surface area (Å²) in [6, 6.07) is -0.914. The van der Waals surface area contributed by atoms with E-state index in [1.807, 2.05) is 6.92 Å². The van der Waals surface area contributed by atoms with Crippen molar-refractivity contribution in [2.75, 3.05) is 13.1 Å². The molecule has 16 heavy (non-hydrogen) atoms. The number of amides is 1. The Bertz CT molecular complexity index is 278. The Morgan fingerprint density at radius 2 is 2.19 bits per heavy atom. The fourth-order valence-corrected chi connectivity index (χ4v) is 1.97. The Morgan fingerprint density at radius 1 is 1.56 bits per heavy atom. The molecular formula is C10H18N2O4. The molecule has 1 rings (SSSR count). The number of nitrogens with two attached hydrogens (primary N) is 1. The van der Waals surface area contributed by atoms with E-state index in [0.717, 1.165) is 0 Å². The summed E-state index contributed by atoms with van der Waals surface area (Å²) in [5, 5.41) is 18.3. The van der Waals surface area contributed by atoms with Crippen LogP contribution in [0.2, 0.25) is 0 Å². The second-order valence-corrected chi connectivity index (χ2v) is 4.08. The first-order valence-corrected chi connectivity index (χ1v) is 5.42. The van der Waals surface area contributed by atoms with Crippen molar-refractivity contribution in [2.24, 2.45) is 11.7 Å². The van der Waals surface area contributed by atoms with Crippen LogP contribution in [0.4, 0.5) is 0 Å². The van der Waals surface area contributed by atoms with Gasteiger partial charge in [-0.25, -0.2) is 4.79 Å². The number of aliphatic hydroxyl groups is 1. The Labute approximate surface area is 94.0 Å². The maximum atomic E-state index is 11.9. The number of β-amino-alcohol motifs (C(OH)–C–C–N with tert-alkyl or cyclic N) is 1. The number of carbonyl (C=O) groups excluding carboxylic acids is 1. The number of carboxylic acids is 1. The SMILES string of the molecule is CCC(CN)C(=O)N1C[C@@H](O)C[C@H]1C(=O)O. The molecule has 92 valence electrons. The number of aliphatic hydroxyl groups excluding tert-OH is 1. The van der Waals surface area contributed by atoms with E-state index in [9.17, 15) is 14.7 Å². The van der Waals surface area contributed by atoms with Crippen molar-refractivity contribution in [3.63, 3.8) is 0 Å². The third kappa shape index (κ3) is 2.51. The molecule has 4 N–H and O–H groups in total. The Hall–Kier alpha value is -1.14. The summed E-state index contributed by atoms with van der Waals surface area (Å²) in [5.41, 5.74) is 5.45. The van der Waals surface area contributed by atoms with Crippen molar-refractivity contribution in [1.29, 1.82) is 0 Å². The zero-order chi connectivity index (χ0) is 12.3. The van der Waals surface area contributed by atoms with Crippen molar-refractivity contribution in [3.8, 4) is 0 Å². The second-order valence-electron chi connectivity index (χ2n) is 4.08. The van der Waals surface area contributed by atoms with Crippen molar-refractivity contribution in [3.05, 3.63) is 0 Å². The molecule has 3 atom stereocenters. The highest BCUT2D eigenvalue weighted by Gasteiger charge is 2.40. The minimum absolute atomic E-state index is 0.0896. The standard InChI is InChI=1S/C10H18N2O4/c1-2-6(4-11)9(14)12-5-7(13)3-8(12)10(15)16/h6-8,13H,2-5,11H2,1H3,(H,15,16)/t6?,7-,8-/m0/s1. The second kappa shape index (κ2) is 5.27. The number of carboxylic acid groups (broad SMARTS) is 1. The third-order valence-electron chi connectivity index (χ3n) is 2.97. The Morgan fingerprint density at radius 3 is 2.62 bits per heavy atom. The molecule has 6 heteroatoms. The van der Waals surface area contributed by atoms with Crippen molar-refractivity contribution in [1.82, 2.24) is 4.90 Å². The molecule has 0 radical (unpaired) electrons. The van der Waals surface area contributed by atoms with E-state index in [-0.39, 0.29) is 31.3 Å². The van der Waals surface area contributed by atoms with Crippen LogP contribution in [0.15, 0.2) is 0 Å². The van der Waals surface area contributed by atoms with Crippen LogP contribution >= 0.6 is 0 Å². The first kappa shape index (κ1) is 12.9. The minimum atomic E-state index is -1.07. The molecule has 0 aliphatic carbocycles. The van der Waals surface area contributed by atoms with Gasteiger partial charge in [-0.3, -0.25) is 4.79 Å². The van der Waals surface area contributed by atoms with Crippen molar-refractivity contribution < 1.29 is 19.8 Å². The number of aliphatic carboxylic acids is 1. The van der Waals surface area contributed by atoms with Gasteiger partial charge in [-0.05, 0) is 6.42 Å². The first-order chi connectivity index (χ1) is 7.51. The average molecular weight is 230 g/mol. The molecule has 0 saturated carbocycles. The van der Waals surface area contributed by atoms with Gasteiger partial charge >= 0.3 is 5.97 Å². The molecule has 1 saturated heterocycles. The number of likely N-dealkylation sites (tertiary alicyclic amines) is 1. The van der Waals surface area contributed by atoms with Gasteiger partial charge in [0.25, 0.3) is 0 Å². The molecule has 1 fully saturated rings. The molecule has 1 unspecified atom stereocenters. The van der Waals surface area contributed by atoms with Crippen LogP contribution < -0.4 is 5.73 Å². The summed E-state index contributed by atoms with van der Waals surface area (Å²) < 4.78 is 0. The molecule has 1 heterocycles. The van der Waals surface area contributed by atoms with E-state index >= 15 is 0 Å². The zero-order valence-electron chi connectivity index (χ0n) is 9.30. The lowest BCUT2D eigenvalue weighted by atomic mass is 10.0. The highest BCUT2D eigenvalue weighted by Crippen LogP contribution is 2.21. The van der Waals surface area contributed by atoms with Crippen LogP contribution in [0.1, 0.15) is 19.8 Å². The Balaban J connectivity index is 2.77. The molecule has 1 aliphatic rings. The van der Waals surface area contributed by atoms with Gasteiger partial charge in [0.05, 0.1) is 12.0 Å². The smallest absolute Gasteiger partial charge is 0.326 e. The maximum Gasteiger partial charge on any atom is 0.326 e. The lowest BCUT2D eigenvalue weighted by molar-refractivity contribution is -0.149. The normalized spacial score (nSPS) is 26.8. The van der Waals surface area contributed by atoms with Gasteiger partial charge in [0.1, 0.15) is 6.04 Å². The van der Waals surface area contributed by atoms with E-state index in [1.165, 1.54) is 4.90 Å². The highest BCUT2D eigenvalue weighted by atomic mass is 16.4. The summed E-state index contributed by atoms with van der Waals surface area (Å²) in [6.07, 6.45) is -0.0728. The molecule has 0 bridgehead atoms. The van der Waals surface area contributed by atoms with Crippen molar-refractivity contribution in [2.45, 2.75) is 31.9 Å². The minimum Gasteiger partial charge on any atom is -0.480 e. The van der Waals surface area contributed by atoms with Crippen molar-refractivity contribution >= 4 is 11.9 Å². The molecule has 0 aromatic rings. The number of hydrogen-bond donors (Lipinski definition) is 3. The van der Waals surface area contributed by atoms with Gasteiger partial charge in [-0.1, -0.05) is 6.92 Å². The Kier molecular flexibility index (Phi) is 4.26. The summed E-state index contributed by atoms with van der Waals surface area (Å²) in [4.78, 5) is 24.1. The van der Waals surface area contributed by atoms with Crippen LogP contribution in [-0.4, -0.2) is 52.2 Å². The molecule has 1 aliphatic heterocycles. The predicted molar refractivity (Wildman–Crippen MR) is 56.6 cm³/mol. The number of nitrogens with zero attached hydrogens (tertiary/aromatic N) is 1. The van der Waals surface area contributed by atoms with E-state index in [4.69, 9.17) is 10.8 Å². The summed E-state index contributed by atoms with van der Waals surface area (Å²) in [7, 11) is 0. The monoisotopic (exact) mass is 230 g/mol. The van der Waals surface area contributed by atoms with Gasteiger partial charge in [-0.2, -0.15) is 0 Å². The van der Waals surface area contributed by atoms with Crippen LogP contribution in [0.25, 0.3) is 0 Å². The quantitative estimate of drug-likeness (QED) is 0.575. The largest absolute Gasteiger partial charge is 0.480 e. The van der Waals surface area contributed by atoms with Crippen LogP contribution in [0.3, 0.4) is 0 Å². The van der Waals surface area contributed by atoms with Crippen LogP contribution in [0, 0.1) is 5.92 Å². The molecule has 0 aromatic heterocycles.